The predicted octanol–water partition coefficient (Wildman–Crippen LogP) is 0.809. The Morgan fingerprint density at radius 1 is 1.69 bits per heavy atom. The van der Waals surface area contributed by atoms with E-state index in [-0.39, 0.29) is 18.8 Å². The lowest BCUT2D eigenvalue weighted by Crippen LogP contribution is -2.40. The number of aliphatic hydroxyl groups excluding tert-OH is 1. The van der Waals surface area contributed by atoms with E-state index in [1.807, 2.05) is 0 Å². The number of methoxy groups -OCH3 is 1. The van der Waals surface area contributed by atoms with Gasteiger partial charge in [0.25, 0.3) is 0 Å². The van der Waals surface area contributed by atoms with E-state index in [2.05, 4.69) is 10.0 Å². The lowest BCUT2D eigenvalue weighted by molar-refractivity contribution is -0.196. The maximum absolute atomic E-state index is 8.84. The Bertz CT molecular complexity index is 205. The van der Waals surface area contributed by atoms with Gasteiger partial charge in [0.15, 0.2) is 6.29 Å². The summed E-state index contributed by atoms with van der Waals surface area (Å²) in [5, 5.41) is 12.4. The van der Waals surface area contributed by atoms with Crippen LogP contribution in [0.3, 0.4) is 0 Å². The van der Waals surface area contributed by atoms with Gasteiger partial charge in [0.1, 0.15) is 0 Å². The zero-order valence-electron chi connectivity index (χ0n) is 7.46. The van der Waals surface area contributed by atoms with E-state index in [1.165, 1.54) is 7.11 Å². The van der Waals surface area contributed by atoms with E-state index in [0.29, 0.717) is 12.8 Å². The fourth-order valence-corrected chi connectivity index (χ4v) is 1.37. The van der Waals surface area contributed by atoms with Gasteiger partial charge in [0.05, 0.1) is 18.8 Å². The van der Waals surface area contributed by atoms with Crippen molar-refractivity contribution in [3.8, 4) is 0 Å². The van der Waals surface area contributed by atoms with Crippen molar-refractivity contribution in [2.75, 3.05) is 13.7 Å². The second-order valence-electron chi connectivity index (χ2n) is 2.89. The third-order valence-electron chi connectivity index (χ3n) is 2.06. The van der Waals surface area contributed by atoms with Gasteiger partial charge in [0.2, 0.25) is 0 Å². The zero-order valence-corrected chi connectivity index (χ0v) is 7.46. The highest BCUT2D eigenvalue weighted by Gasteiger charge is 2.29. The first-order valence-corrected chi connectivity index (χ1v) is 4.15. The molecule has 0 bridgehead atoms. The van der Waals surface area contributed by atoms with Crippen LogP contribution in [0.5, 0.6) is 0 Å². The summed E-state index contributed by atoms with van der Waals surface area (Å²) in [4.78, 5) is 2.71. The molecule has 0 radical (unpaired) electrons. The van der Waals surface area contributed by atoms with E-state index in [0.717, 1.165) is 0 Å². The van der Waals surface area contributed by atoms with E-state index in [9.17, 15) is 0 Å². The molecule has 0 spiro atoms. The van der Waals surface area contributed by atoms with Crippen molar-refractivity contribution in [1.82, 2.24) is 0 Å². The van der Waals surface area contributed by atoms with Crippen LogP contribution in [-0.2, 0) is 9.47 Å². The summed E-state index contributed by atoms with van der Waals surface area (Å²) < 4.78 is 10.3. The first-order chi connectivity index (χ1) is 6.31. The average Bonchev–Trinajstić information content (AvgIpc) is 2.19. The maximum atomic E-state index is 8.84. The van der Waals surface area contributed by atoms with Gasteiger partial charge in [-0.15, -0.1) is 0 Å². The van der Waals surface area contributed by atoms with E-state index in [1.54, 1.807) is 0 Å². The van der Waals surface area contributed by atoms with E-state index in [4.69, 9.17) is 20.1 Å². The molecule has 13 heavy (non-hydrogen) atoms. The first kappa shape index (κ1) is 10.3. The molecule has 0 amide bonds. The number of hydrogen-bond acceptors (Lipinski definition) is 4. The van der Waals surface area contributed by atoms with Gasteiger partial charge >= 0.3 is 0 Å². The summed E-state index contributed by atoms with van der Waals surface area (Å²) in [5.41, 5.74) is 8.25. The molecule has 0 aromatic rings. The fourth-order valence-electron chi connectivity index (χ4n) is 1.37. The van der Waals surface area contributed by atoms with Crippen LogP contribution < -0.4 is 0 Å². The largest absolute Gasteiger partial charge is 0.394 e. The van der Waals surface area contributed by atoms with Crippen LogP contribution in [0.2, 0.25) is 0 Å². The Morgan fingerprint density at radius 3 is 3.00 bits per heavy atom. The SMILES string of the molecule is CO[C@H]1O[C@@H](CO)CC[C@H]1N=[N+]=[N-]. The summed E-state index contributed by atoms with van der Waals surface area (Å²) in [6.45, 7) is -0.0250. The highest BCUT2D eigenvalue weighted by molar-refractivity contribution is 4.79. The third-order valence-corrected chi connectivity index (χ3v) is 2.06. The molecule has 0 aromatic heterocycles. The topological polar surface area (TPSA) is 87.5 Å². The molecular weight excluding hydrogens is 174 g/mol. The molecule has 0 saturated carbocycles. The summed E-state index contributed by atoms with van der Waals surface area (Å²) in [6.07, 6.45) is 0.658. The molecule has 6 nitrogen and oxygen atoms in total. The fraction of sp³-hybridized carbons (Fsp3) is 1.00. The summed E-state index contributed by atoms with van der Waals surface area (Å²) in [5.74, 6) is 0. The lowest BCUT2D eigenvalue weighted by Gasteiger charge is -2.32. The molecule has 1 aliphatic heterocycles. The summed E-state index contributed by atoms with van der Waals surface area (Å²) in [7, 11) is 1.49. The van der Waals surface area contributed by atoms with Crippen molar-refractivity contribution in [1.29, 1.82) is 0 Å². The van der Waals surface area contributed by atoms with Crippen LogP contribution in [0.1, 0.15) is 12.8 Å². The van der Waals surface area contributed by atoms with Gasteiger partial charge in [-0.05, 0) is 18.4 Å². The smallest absolute Gasteiger partial charge is 0.166 e. The Labute approximate surface area is 76.1 Å². The van der Waals surface area contributed by atoms with Crippen molar-refractivity contribution < 1.29 is 14.6 Å². The van der Waals surface area contributed by atoms with Crippen molar-refractivity contribution >= 4 is 0 Å². The van der Waals surface area contributed by atoms with Crippen molar-refractivity contribution in [3.05, 3.63) is 10.4 Å². The number of rotatable bonds is 3. The highest BCUT2D eigenvalue weighted by Crippen LogP contribution is 2.22. The molecule has 1 saturated heterocycles. The molecule has 3 atom stereocenters. The van der Waals surface area contributed by atoms with Gasteiger partial charge < -0.3 is 14.6 Å². The number of azide groups is 1. The average molecular weight is 187 g/mol. The monoisotopic (exact) mass is 187 g/mol. The van der Waals surface area contributed by atoms with Gasteiger partial charge in [-0.3, -0.25) is 0 Å². The molecule has 1 aliphatic rings. The number of ether oxygens (including phenoxy) is 2. The second-order valence-corrected chi connectivity index (χ2v) is 2.89. The molecule has 1 heterocycles. The minimum atomic E-state index is -0.526. The summed E-state index contributed by atoms with van der Waals surface area (Å²) >= 11 is 0. The minimum Gasteiger partial charge on any atom is -0.394 e. The third kappa shape index (κ3) is 2.57. The molecule has 6 heteroatoms. The molecule has 1 fully saturated rings. The molecule has 1 rings (SSSR count). The Kier molecular flexibility index (Phi) is 3.98. The van der Waals surface area contributed by atoms with E-state index < -0.39 is 6.29 Å². The quantitative estimate of drug-likeness (QED) is 0.403. The molecule has 0 aliphatic carbocycles. The van der Waals surface area contributed by atoms with Crippen molar-refractivity contribution in [3.63, 3.8) is 0 Å². The zero-order chi connectivity index (χ0) is 9.68. The van der Waals surface area contributed by atoms with Crippen molar-refractivity contribution in [2.24, 2.45) is 5.11 Å². The number of hydrogen-bond donors (Lipinski definition) is 1. The van der Waals surface area contributed by atoms with Crippen LogP contribution in [0.4, 0.5) is 0 Å². The molecule has 0 unspecified atom stereocenters. The molecular formula is C7H13N3O3. The molecule has 1 N–H and O–H groups in total. The van der Waals surface area contributed by atoms with Crippen LogP contribution in [0, 0.1) is 0 Å². The summed E-state index contributed by atoms with van der Waals surface area (Å²) in [6, 6.07) is -0.280. The predicted molar refractivity (Wildman–Crippen MR) is 44.9 cm³/mol. The molecule has 0 aromatic carbocycles. The van der Waals surface area contributed by atoms with Crippen LogP contribution in [-0.4, -0.2) is 37.3 Å². The molecule has 74 valence electrons. The normalized spacial score (nSPS) is 33.8. The highest BCUT2D eigenvalue weighted by atomic mass is 16.7. The van der Waals surface area contributed by atoms with Crippen LogP contribution in [0.25, 0.3) is 10.4 Å². The standard InChI is InChI=1S/C7H13N3O3/c1-12-7-6(9-10-8)3-2-5(4-11)13-7/h5-7,11H,2-4H2,1H3/t5-,6-,7+/m1/s1. The maximum Gasteiger partial charge on any atom is 0.166 e. The first-order valence-electron chi connectivity index (χ1n) is 4.15. The van der Waals surface area contributed by atoms with Crippen LogP contribution >= 0.6 is 0 Å². The Balaban J connectivity index is 2.54. The van der Waals surface area contributed by atoms with Gasteiger partial charge in [-0.1, -0.05) is 5.11 Å². The van der Waals surface area contributed by atoms with Gasteiger partial charge in [-0.2, -0.15) is 0 Å². The lowest BCUT2D eigenvalue weighted by atomic mass is 10.1. The van der Waals surface area contributed by atoms with E-state index >= 15 is 0 Å². The van der Waals surface area contributed by atoms with Crippen molar-refractivity contribution in [2.45, 2.75) is 31.3 Å². The second kappa shape index (κ2) is 5.04. The minimum absolute atomic E-state index is 0.0250. The number of aliphatic hydroxyl groups is 1. The van der Waals surface area contributed by atoms with Gasteiger partial charge in [-0.25, -0.2) is 0 Å². The Hall–Kier alpha value is -0.810. The van der Waals surface area contributed by atoms with Crippen LogP contribution in [0.15, 0.2) is 5.11 Å². The number of nitrogens with zero attached hydrogens (tertiary/aromatic N) is 3. The van der Waals surface area contributed by atoms with Gasteiger partial charge in [0, 0.05) is 12.0 Å². The Morgan fingerprint density at radius 2 is 2.46 bits per heavy atom.